The molecule has 0 amide bonds. The zero-order chi connectivity index (χ0) is 13.9. The van der Waals surface area contributed by atoms with Crippen molar-refractivity contribution in [3.05, 3.63) is 30.3 Å². The number of carboxylic acids is 1. The maximum Gasteiger partial charge on any atom is 0.320 e. The Kier molecular flexibility index (Phi) is 3.98. The van der Waals surface area contributed by atoms with Gasteiger partial charge < -0.3 is 15.4 Å². The highest BCUT2D eigenvalue weighted by molar-refractivity contribution is 7.99. The number of hydrogen-bond donors (Lipinski definition) is 3. The third kappa shape index (κ3) is 3.35. The van der Waals surface area contributed by atoms with Gasteiger partial charge in [0.2, 0.25) is 0 Å². The third-order valence-corrected chi connectivity index (χ3v) is 4.45. The maximum absolute atomic E-state index is 11.2. The normalized spacial score (nSPS) is 16.4. The summed E-state index contributed by atoms with van der Waals surface area (Å²) in [7, 11) is 0. The topological polar surface area (TPSA) is 65.1 Å². The summed E-state index contributed by atoms with van der Waals surface area (Å²) in [6.07, 6.45) is 2.86. The highest BCUT2D eigenvalue weighted by Crippen LogP contribution is 2.25. The molecule has 1 fully saturated rings. The molecule has 1 heterocycles. The van der Waals surface area contributed by atoms with Gasteiger partial charge in [-0.1, -0.05) is 18.2 Å². The van der Waals surface area contributed by atoms with Crippen molar-refractivity contribution in [1.29, 1.82) is 0 Å². The molecule has 1 atom stereocenters. The summed E-state index contributed by atoms with van der Waals surface area (Å²) in [6.45, 7) is 0. The first-order chi connectivity index (χ1) is 9.72. The lowest BCUT2D eigenvalue weighted by Crippen LogP contribution is -2.38. The van der Waals surface area contributed by atoms with Crippen molar-refractivity contribution in [2.45, 2.75) is 36.4 Å². The van der Waals surface area contributed by atoms with Crippen LogP contribution in [0.1, 0.15) is 19.3 Å². The van der Waals surface area contributed by atoms with E-state index in [4.69, 9.17) is 0 Å². The molecule has 5 heteroatoms. The molecule has 2 aromatic rings. The van der Waals surface area contributed by atoms with Crippen LogP contribution in [-0.2, 0) is 4.79 Å². The van der Waals surface area contributed by atoms with Crippen molar-refractivity contribution in [2.24, 2.45) is 0 Å². The Hall–Kier alpha value is -1.46. The Morgan fingerprint density at radius 2 is 2.25 bits per heavy atom. The minimum Gasteiger partial charge on any atom is -0.480 e. The number of hydrogen-bond acceptors (Lipinski definition) is 3. The van der Waals surface area contributed by atoms with Crippen LogP contribution in [0.15, 0.2) is 35.4 Å². The highest BCUT2D eigenvalue weighted by Gasteiger charge is 2.27. The van der Waals surface area contributed by atoms with Gasteiger partial charge in [-0.05, 0) is 31.4 Å². The number of para-hydroxylation sites is 1. The van der Waals surface area contributed by atoms with E-state index in [0.29, 0.717) is 12.5 Å². The minimum atomic E-state index is -0.742. The number of carboxylic acid groups (broad SMARTS) is 1. The number of benzene rings is 1. The highest BCUT2D eigenvalue weighted by atomic mass is 32.2. The third-order valence-electron chi connectivity index (χ3n) is 3.48. The molecule has 1 saturated carbocycles. The molecule has 0 bridgehead atoms. The van der Waals surface area contributed by atoms with Crippen LogP contribution in [0.5, 0.6) is 0 Å². The van der Waals surface area contributed by atoms with Crippen molar-refractivity contribution in [3.63, 3.8) is 0 Å². The lowest BCUT2D eigenvalue weighted by Gasteiger charge is -2.12. The molecule has 0 radical (unpaired) electrons. The lowest BCUT2D eigenvalue weighted by molar-refractivity contribution is -0.139. The Bertz CT molecular complexity index is 574. The summed E-state index contributed by atoms with van der Waals surface area (Å²) in [6, 6.07) is 10.3. The number of fused-ring (bicyclic) bond motifs is 1. The van der Waals surface area contributed by atoms with Gasteiger partial charge in [-0.25, -0.2) is 0 Å². The monoisotopic (exact) mass is 290 g/mol. The van der Waals surface area contributed by atoms with Crippen LogP contribution in [0.4, 0.5) is 0 Å². The van der Waals surface area contributed by atoms with Gasteiger partial charge in [0.05, 0.1) is 5.03 Å². The second-order valence-corrected chi connectivity index (χ2v) is 6.33. The fourth-order valence-corrected chi connectivity index (χ4v) is 3.19. The Morgan fingerprint density at radius 1 is 1.45 bits per heavy atom. The summed E-state index contributed by atoms with van der Waals surface area (Å²) in [5, 5.41) is 14.7. The zero-order valence-corrected chi connectivity index (χ0v) is 12.0. The van der Waals surface area contributed by atoms with Crippen LogP contribution in [0.2, 0.25) is 0 Å². The van der Waals surface area contributed by atoms with Crippen molar-refractivity contribution < 1.29 is 9.90 Å². The predicted octanol–water partition coefficient (Wildman–Crippen LogP) is 2.86. The second-order valence-electron chi connectivity index (χ2n) is 5.19. The fraction of sp³-hybridized carbons (Fsp3) is 0.400. The molecule has 1 aromatic heterocycles. The van der Waals surface area contributed by atoms with Gasteiger partial charge >= 0.3 is 5.97 Å². The maximum atomic E-state index is 11.2. The number of nitrogens with one attached hydrogen (secondary N) is 2. The van der Waals surface area contributed by atoms with Crippen LogP contribution in [0, 0.1) is 0 Å². The van der Waals surface area contributed by atoms with E-state index >= 15 is 0 Å². The number of aromatic nitrogens is 1. The number of aliphatic carboxylic acids is 1. The van der Waals surface area contributed by atoms with Gasteiger partial charge in [0.25, 0.3) is 0 Å². The smallest absolute Gasteiger partial charge is 0.320 e. The number of H-pyrrole nitrogens is 1. The van der Waals surface area contributed by atoms with Gasteiger partial charge in [-0.3, -0.25) is 4.79 Å². The number of carbonyl (C=O) groups is 1. The van der Waals surface area contributed by atoms with Crippen molar-refractivity contribution in [3.8, 4) is 0 Å². The van der Waals surface area contributed by atoms with E-state index in [2.05, 4.69) is 22.4 Å². The molecule has 3 N–H and O–H groups in total. The van der Waals surface area contributed by atoms with Crippen molar-refractivity contribution in [1.82, 2.24) is 10.3 Å². The largest absolute Gasteiger partial charge is 0.480 e. The molecule has 4 nitrogen and oxygen atoms in total. The van der Waals surface area contributed by atoms with Crippen molar-refractivity contribution >= 4 is 28.6 Å². The van der Waals surface area contributed by atoms with E-state index in [1.165, 1.54) is 5.39 Å². The Morgan fingerprint density at radius 3 is 2.95 bits per heavy atom. The molecule has 0 saturated heterocycles. The summed E-state index contributed by atoms with van der Waals surface area (Å²) in [4.78, 5) is 14.5. The minimum absolute atomic E-state index is 0.417. The van der Waals surface area contributed by atoms with Gasteiger partial charge in [0.15, 0.2) is 0 Å². The molecule has 0 aliphatic heterocycles. The molecule has 1 aliphatic carbocycles. The number of aromatic amines is 1. The van der Waals surface area contributed by atoms with E-state index < -0.39 is 12.0 Å². The first kappa shape index (κ1) is 13.5. The molecular weight excluding hydrogens is 272 g/mol. The van der Waals surface area contributed by atoms with Gasteiger partial charge in [0, 0.05) is 22.7 Å². The molecule has 1 aromatic carbocycles. The first-order valence-corrected chi connectivity index (χ1v) is 7.90. The molecule has 1 unspecified atom stereocenters. The quantitative estimate of drug-likeness (QED) is 0.686. The standard InChI is InChI=1S/C15H18N2O2S/c18-15(19)13(16-11-5-6-11)7-8-20-14-9-10-3-1-2-4-12(10)17-14/h1-4,9,11,13,16-17H,5-8H2,(H,18,19). The summed E-state index contributed by atoms with van der Waals surface area (Å²) in [5.74, 6) is 0.0536. The predicted molar refractivity (Wildman–Crippen MR) is 81.2 cm³/mol. The summed E-state index contributed by atoms with van der Waals surface area (Å²) in [5.41, 5.74) is 1.13. The van der Waals surface area contributed by atoms with Gasteiger partial charge in [0.1, 0.15) is 6.04 Å². The van der Waals surface area contributed by atoms with E-state index in [0.717, 1.165) is 29.1 Å². The zero-order valence-electron chi connectivity index (χ0n) is 11.1. The lowest BCUT2D eigenvalue weighted by atomic mass is 10.2. The average Bonchev–Trinajstić information content (AvgIpc) is 3.15. The molecule has 20 heavy (non-hydrogen) atoms. The second kappa shape index (κ2) is 5.89. The summed E-state index contributed by atoms with van der Waals surface area (Å²) >= 11 is 1.68. The molecule has 1 aliphatic rings. The fourth-order valence-electron chi connectivity index (χ4n) is 2.22. The molecule has 3 rings (SSSR count). The molecule has 0 spiro atoms. The van der Waals surface area contributed by atoms with Crippen LogP contribution in [0.25, 0.3) is 10.9 Å². The summed E-state index contributed by atoms with van der Waals surface area (Å²) < 4.78 is 0. The van der Waals surface area contributed by atoms with Gasteiger partial charge in [-0.15, -0.1) is 11.8 Å². The Labute approximate surface area is 121 Å². The van der Waals surface area contributed by atoms with E-state index in [9.17, 15) is 9.90 Å². The van der Waals surface area contributed by atoms with Gasteiger partial charge in [-0.2, -0.15) is 0 Å². The van der Waals surface area contributed by atoms with E-state index in [-0.39, 0.29) is 0 Å². The van der Waals surface area contributed by atoms with Crippen molar-refractivity contribution in [2.75, 3.05) is 5.75 Å². The number of rotatable bonds is 7. The van der Waals surface area contributed by atoms with E-state index in [1.807, 2.05) is 18.2 Å². The average molecular weight is 290 g/mol. The number of thioether (sulfide) groups is 1. The van der Waals surface area contributed by atoms with Crippen LogP contribution in [0.3, 0.4) is 0 Å². The van der Waals surface area contributed by atoms with E-state index in [1.54, 1.807) is 11.8 Å². The Balaban J connectivity index is 1.54. The SMILES string of the molecule is O=C(O)C(CCSc1cc2ccccc2[nH]1)NC1CC1. The molecule has 106 valence electrons. The van der Waals surface area contributed by atoms with Crippen LogP contribution in [-0.4, -0.2) is 33.9 Å². The first-order valence-electron chi connectivity index (χ1n) is 6.92. The van der Waals surface area contributed by atoms with Crippen LogP contribution < -0.4 is 5.32 Å². The molecular formula is C15H18N2O2S. The van der Waals surface area contributed by atoms with Crippen LogP contribution >= 0.6 is 11.8 Å².